The Balaban J connectivity index is 1.83. The highest BCUT2D eigenvalue weighted by atomic mass is 16.2. The highest BCUT2D eigenvalue weighted by Crippen LogP contribution is 2.18. The summed E-state index contributed by atoms with van der Waals surface area (Å²) in [5.74, 6) is 0.977. The molecule has 4 nitrogen and oxygen atoms in total. The van der Waals surface area contributed by atoms with E-state index in [0.29, 0.717) is 18.9 Å². The number of nitrogens with one attached hydrogen (secondary N) is 1. The van der Waals surface area contributed by atoms with Crippen LogP contribution in [0.5, 0.6) is 0 Å². The SMILES string of the molecule is CCN(Cc1cccc(C)n1)C(=O)CCC1CCNCC1. The summed E-state index contributed by atoms with van der Waals surface area (Å²) in [6, 6.07) is 5.99. The van der Waals surface area contributed by atoms with E-state index >= 15 is 0 Å². The first-order valence-electron chi connectivity index (χ1n) is 8.10. The molecule has 0 unspecified atom stereocenters. The van der Waals surface area contributed by atoms with Gasteiger partial charge < -0.3 is 10.2 Å². The van der Waals surface area contributed by atoms with E-state index in [1.54, 1.807) is 0 Å². The van der Waals surface area contributed by atoms with E-state index < -0.39 is 0 Å². The Morgan fingerprint density at radius 1 is 1.38 bits per heavy atom. The fourth-order valence-electron chi connectivity index (χ4n) is 2.92. The molecule has 0 aliphatic carbocycles. The number of rotatable bonds is 6. The van der Waals surface area contributed by atoms with Gasteiger partial charge in [0.15, 0.2) is 0 Å². The Morgan fingerprint density at radius 2 is 2.14 bits per heavy atom. The largest absolute Gasteiger partial charge is 0.337 e. The molecule has 1 saturated heterocycles. The van der Waals surface area contributed by atoms with Crippen molar-refractivity contribution in [2.45, 2.75) is 46.1 Å². The number of hydrogen-bond acceptors (Lipinski definition) is 3. The number of hydrogen-bond donors (Lipinski definition) is 1. The average Bonchev–Trinajstić information content (AvgIpc) is 2.51. The van der Waals surface area contributed by atoms with Crippen molar-refractivity contribution >= 4 is 5.91 Å². The molecule has 0 spiro atoms. The van der Waals surface area contributed by atoms with Crippen LogP contribution < -0.4 is 5.32 Å². The summed E-state index contributed by atoms with van der Waals surface area (Å²) >= 11 is 0. The Morgan fingerprint density at radius 3 is 2.81 bits per heavy atom. The number of amides is 1. The van der Waals surface area contributed by atoms with Crippen LogP contribution in [-0.2, 0) is 11.3 Å². The predicted molar refractivity (Wildman–Crippen MR) is 84.9 cm³/mol. The maximum Gasteiger partial charge on any atom is 0.222 e. The molecule has 21 heavy (non-hydrogen) atoms. The summed E-state index contributed by atoms with van der Waals surface area (Å²) in [4.78, 5) is 18.8. The van der Waals surface area contributed by atoms with Crippen LogP contribution in [-0.4, -0.2) is 35.4 Å². The lowest BCUT2D eigenvalue weighted by molar-refractivity contribution is -0.132. The first kappa shape index (κ1) is 16.0. The first-order valence-corrected chi connectivity index (χ1v) is 8.10. The molecule has 4 heteroatoms. The average molecular weight is 289 g/mol. The summed E-state index contributed by atoms with van der Waals surface area (Å²) in [6.07, 6.45) is 4.11. The second-order valence-corrected chi connectivity index (χ2v) is 5.91. The first-order chi connectivity index (χ1) is 10.2. The minimum absolute atomic E-state index is 0.263. The van der Waals surface area contributed by atoms with Gasteiger partial charge in [-0.2, -0.15) is 0 Å². The maximum absolute atomic E-state index is 12.4. The van der Waals surface area contributed by atoms with Crippen LogP contribution in [0.4, 0.5) is 0 Å². The molecular weight excluding hydrogens is 262 g/mol. The van der Waals surface area contributed by atoms with Crippen molar-refractivity contribution in [1.29, 1.82) is 0 Å². The molecule has 0 atom stereocenters. The van der Waals surface area contributed by atoms with Gasteiger partial charge in [0.05, 0.1) is 12.2 Å². The third kappa shape index (κ3) is 5.12. The number of carbonyl (C=O) groups excluding carboxylic acids is 1. The molecule has 0 aromatic carbocycles. The van der Waals surface area contributed by atoms with E-state index in [-0.39, 0.29) is 5.91 Å². The zero-order valence-electron chi connectivity index (χ0n) is 13.3. The van der Waals surface area contributed by atoms with E-state index in [1.165, 1.54) is 12.8 Å². The van der Waals surface area contributed by atoms with E-state index in [4.69, 9.17) is 0 Å². The summed E-state index contributed by atoms with van der Waals surface area (Å²) in [6.45, 7) is 7.61. The topological polar surface area (TPSA) is 45.2 Å². The molecule has 1 aliphatic heterocycles. The summed E-state index contributed by atoms with van der Waals surface area (Å²) in [5.41, 5.74) is 1.98. The van der Waals surface area contributed by atoms with Gasteiger partial charge in [-0.1, -0.05) is 6.07 Å². The molecule has 1 aromatic heterocycles. The standard InChI is InChI=1S/C17H27N3O/c1-3-20(13-16-6-4-5-14(2)19-16)17(21)8-7-15-9-11-18-12-10-15/h4-6,15,18H,3,7-13H2,1-2H3. The zero-order valence-corrected chi connectivity index (χ0v) is 13.3. The van der Waals surface area contributed by atoms with Gasteiger partial charge in [-0.3, -0.25) is 9.78 Å². The fourth-order valence-corrected chi connectivity index (χ4v) is 2.92. The van der Waals surface area contributed by atoms with Crippen molar-refractivity contribution < 1.29 is 4.79 Å². The van der Waals surface area contributed by atoms with Crippen molar-refractivity contribution in [3.8, 4) is 0 Å². The fraction of sp³-hybridized carbons (Fsp3) is 0.647. The van der Waals surface area contributed by atoms with E-state index in [2.05, 4.69) is 10.3 Å². The molecule has 0 bridgehead atoms. The van der Waals surface area contributed by atoms with Crippen LogP contribution in [0.2, 0.25) is 0 Å². The van der Waals surface area contributed by atoms with Crippen molar-refractivity contribution in [2.75, 3.05) is 19.6 Å². The van der Waals surface area contributed by atoms with Crippen molar-refractivity contribution in [2.24, 2.45) is 5.92 Å². The monoisotopic (exact) mass is 289 g/mol. The molecule has 1 fully saturated rings. The lowest BCUT2D eigenvalue weighted by Crippen LogP contribution is -2.32. The van der Waals surface area contributed by atoms with E-state index in [1.807, 2.05) is 36.9 Å². The summed E-state index contributed by atoms with van der Waals surface area (Å²) in [7, 11) is 0. The third-order valence-corrected chi connectivity index (χ3v) is 4.26. The number of aryl methyl sites for hydroxylation is 1. The minimum atomic E-state index is 0.263. The molecule has 2 heterocycles. The Labute approximate surface area is 127 Å². The molecule has 116 valence electrons. The van der Waals surface area contributed by atoms with Crippen molar-refractivity contribution in [3.63, 3.8) is 0 Å². The van der Waals surface area contributed by atoms with E-state index in [9.17, 15) is 4.79 Å². The van der Waals surface area contributed by atoms with Gasteiger partial charge in [0, 0.05) is 18.7 Å². The van der Waals surface area contributed by atoms with Gasteiger partial charge in [0.25, 0.3) is 0 Å². The van der Waals surface area contributed by atoms with Crippen LogP contribution in [0.1, 0.15) is 44.0 Å². The molecule has 1 aromatic rings. The second kappa shape index (κ2) is 8.13. The second-order valence-electron chi connectivity index (χ2n) is 5.91. The third-order valence-electron chi connectivity index (χ3n) is 4.26. The van der Waals surface area contributed by atoms with Crippen molar-refractivity contribution in [3.05, 3.63) is 29.6 Å². The van der Waals surface area contributed by atoms with Crippen molar-refractivity contribution in [1.82, 2.24) is 15.2 Å². The quantitative estimate of drug-likeness (QED) is 0.875. The van der Waals surface area contributed by atoms with Crippen LogP contribution in [0.25, 0.3) is 0 Å². The lowest BCUT2D eigenvalue weighted by atomic mass is 9.93. The molecule has 1 N–H and O–H groups in total. The van der Waals surface area contributed by atoms with Gasteiger partial charge in [0.2, 0.25) is 5.91 Å². The number of carbonyl (C=O) groups is 1. The Hall–Kier alpha value is -1.42. The smallest absolute Gasteiger partial charge is 0.222 e. The Bertz CT molecular complexity index is 455. The molecular formula is C17H27N3O. The maximum atomic E-state index is 12.4. The normalized spacial score (nSPS) is 15.9. The Kier molecular flexibility index (Phi) is 6.18. The van der Waals surface area contributed by atoms with Crippen LogP contribution in [0.15, 0.2) is 18.2 Å². The lowest BCUT2D eigenvalue weighted by Gasteiger charge is -2.25. The summed E-state index contributed by atoms with van der Waals surface area (Å²) < 4.78 is 0. The molecule has 2 rings (SSSR count). The summed E-state index contributed by atoms with van der Waals surface area (Å²) in [5, 5.41) is 3.37. The molecule has 0 radical (unpaired) electrons. The van der Waals surface area contributed by atoms with Gasteiger partial charge in [-0.25, -0.2) is 0 Å². The highest BCUT2D eigenvalue weighted by molar-refractivity contribution is 5.76. The molecule has 1 amide bonds. The van der Waals surface area contributed by atoms with Gasteiger partial charge in [-0.15, -0.1) is 0 Å². The van der Waals surface area contributed by atoms with E-state index in [0.717, 1.165) is 37.4 Å². The molecule has 0 saturated carbocycles. The highest BCUT2D eigenvalue weighted by Gasteiger charge is 2.17. The van der Waals surface area contributed by atoms with Crippen LogP contribution in [0, 0.1) is 12.8 Å². The predicted octanol–water partition coefficient (Wildman–Crippen LogP) is 2.52. The number of aromatic nitrogens is 1. The van der Waals surface area contributed by atoms with Crippen LogP contribution >= 0.6 is 0 Å². The van der Waals surface area contributed by atoms with Gasteiger partial charge in [0.1, 0.15) is 0 Å². The molecule has 1 aliphatic rings. The van der Waals surface area contributed by atoms with Gasteiger partial charge in [-0.05, 0) is 64.3 Å². The number of pyridine rings is 1. The zero-order chi connectivity index (χ0) is 15.1. The van der Waals surface area contributed by atoms with Gasteiger partial charge >= 0.3 is 0 Å². The van der Waals surface area contributed by atoms with Crippen LogP contribution in [0.3, 0.4) is 0 Å². The minimum Gasteiger partial charge on any atom is -0.337 e. The number of nitrogens with zero attached hydrogens (tertiary/aromatic N) is 2. The number of piperidine rings is 1.